The summed E-state index contributed by atoms with van der Waals surface area (Å²) < 4.78 is 9.44. The molecule has 5 nitrogen and oxygen atoms in total. The predicted molar refractivity (Wildman–Crippen MR) is 55.9 cm³/mol. The molecule has 15 heavy (non-hydrogen) atoms. The quantitative estimate of drug-likeness (QED) is 0.733. The third-order valence-corrected chi connectivity index (χ3v) is 2.42. The molecule has 0 amide bonds. The minimum atomic E-state index is -0.119. The summed E-state index contributed by atoms with van der Waals surface area (Å²) in [7, 11) is 0. The van der Waals surface area contributed by atoms with Crippen LogP contribution in [0.25, 0.3) is 0 Å². The van der Waals surface area contributed by atoms with Crippen molar-refractivity contribution in [2.45, 2.75) is 19.9 Å². The molecular formula is C9H10N4OS. The average molecular weight is 222 g/mol. The summed E-state index contributed by atoms with van der Waals surface area (Å²) in [6.45, 7) is 2.89. The molecule has 78 valence electrons. The van der Waals surface area contributed by atoms with E-state index < -0.39 is 0 Å². The first-order valence-electron chi connectivity index (χ1n) is 4.66. The second kappa shape index (κ2) is 4.31. The first-order chi connectivity index (χ1) is 7.31. The summed E-state index contributed by atoms with van der Waals surface area (Å²) in [5.74, 6) is -0.119. The molecule has 0 N–H and O–H groups in total. The SMILES string of the molecule is CCCn1cc(C(=O)c2cnsn2)cn1. The Hall–Kier alpha value is -1.56. The van der Waals surface area contributed by atoms with E-state index in [1.165, 1.54) is 6.20 Å². The third kappa shape index (κ3) is 2.10. The van der Waals surface area contributed by atoms with Crippen molar-refractivity contribution in [3.8, 4) is 0 Å². The molecule has 0 atom stereocenters. The molecule has 0 aliphatic heterocycles. The van der Waals surface area contributed by atoms with Crippen LogP contribution in [-0.4, -0.2) is 24.3 Å². The highest BCUT2D eigenvalue weighted by Crippen LogP contribution is 2.07. The van der Waals surface area contributed by atoms with Crippen molar-refractivity contribution >= 4 is 17.5 Å². The number of ketones is 1. The summed E-state index contributed by atoms with van der Waals surface area (Å²) in [4.78, 5) is 11.8. The Bertz CT molecular complexity index is 448. The van der Waals surface area contributed by atoms with Crippen molar-refractivity contribution in [3.63, 3.8) is 0 Å². The van der Waals surface area contributed by atoms with Crippen LogP contribution in [0.5, 0.6) is 0 Å². The van der Waals surface area contributed by atoms with Crippen LogP contribution in [-0.2, 0) is 6.54 Å². The molecule has 0 spiro atoms. The van der Waals surface area contributed by atoms with Crippen molar-refractivity contribution in [1.29, 1.82) is 0 Å². The van der Waals surface area contributed by atoms with Crippen LogP contribution in [0.1, 0.15) is 29.4 Å². The topological polar surface area (TPSA) is 60.7 Å². The van der Waals surface area contributed by atoms with Gasteiger partial charge in [-0.1, -0.05) is 6.92 Å². The lowest BCUT2D eigenvalue weighted by Gasteiger charge is -1.94. The van der Waals surface area contributed by atoms with Gasteiger partial charge in [-0.2, -0.15) is 13.8 Å². The van der Waals surface area contributed by atoms with Gasteiger partial charge in [0, 0.05) is 12.7 Å². The second-order valence-electron chi connectivity index (χ2n) is 3.11. The average Bonchev–Trinajstić information content (AvgIpc) is 2.87. The van der Waals surface area contributed by atoms with Crippen LogP contribution < -0.4 is 0 Å². The van der Waals surface area contributed by atoms with E-state index in [0.29, 0.717) is 11.3 Å². The Morgan fingerprint density at radius 1 is 1.53 bits per heavy atom. The fraction of sp³-hybridized carbons (Fsp3) is 0.333. The molecule has 0 fully saturated rings. The lowest BCUT2D eigenvalue weighted by molar-refractivity contribution is 0.103. The van der Waals surface area contributed by atoms with Crippen molar-refractivity contribution in [1.82, 2.24) is 18.5 Å². The highest BCUT2D eigenvalue weighted by molar-refractivity contribution is 6.99. The van der Waals surface area contributed by atoms with Crippen LogP contribution in [0.4, 0.5) is 0 Å². The molecule has 0 radical (unpaired) electrons. The molecule has 0 aromatic carbocycles. The first kappa shape index (κ1) is 9.97. The third-order valence-electron chi connectivity index (χ3n) is 1.94. The molecule has 0 aliphatic rings. The van der Waals surface area contributed by atoms with E-state index >= 15 is 0 Å². The standard InChI is InChI=1S/C9H10N4OS/c1-2-3-13-6-7(4-10-13)9(14)8-5-11-15-12-8/h4-6H,2-3H2,1H3. The van der Waals surface area contributed by atoms with Gasteiger partial charge in [-0.15, -0.1) is 0 Å². The zero-order valence-electron chi connectivity index (χ0n) is 8.25. The van der Waals surface area contributed by atoms with Gasteiger partial charge in [0.05, 0.1) is 29.7 Å². The Morgan fingerprint density at radius 3 is 3.07 bits per heavy atom. The Morgan fingerprint density at radius 2 is 2.40 bits per heavy atom. The van der Waals surface area contributed by atoms with Gasteiger partial charge in [-0.3, -0.25) is 9.48 Å². The first-order valence-corrected chi connectivity index (χ1v) is 5.39. The van der Waals surface area contributed by atoms with Gasteiger partial charge in [0.2, 0.25) is 5.78 Å². The molecule has 0 aliphatic carbocycles. The van der Waals surface area contributed by atoms with E-state index in [-0.39, 0.29) is 5.78 Å². The van der Waals surface area contributed by atoms with Crippen molar-refractivity contribution in [2.75, 3.05) is 0 Å². The number of nitrogens with zero attached hydrogens (tertiary/aromatic N) is 4. The van der Waals surface area contributed by atoms with Crippen molar-refractivity contribution in [3.05, 3.63) is 29.8 Å². The number of aromatic nitrogens is 4. The fourth-order valence-corrected chi connectivity index (χ4v) is 1.66. The lowest BCUT2D eigenvalue weighted by atomic mass is 10.2. The van der Waals surface area contributed by atoms with Gasteiger partial charge in [-0.25, -0.2) is 0 Å². The molecule has 2 aromatic heterocycles. The molecule has 0 bridgehead atoms. The maximum absolute atomic E-state index is 11.8. The molecule has 2 heterocycles. The summed E-state index contributed by atoms with van der Waals surface area (Å²) in [6.07, 6.45) is 5.78. The highest BCUT2D eigenvalue weighted by atomic mass is 32.1. The highest BCUT2D eigenvalue weighted by Gasteiger charge is 2.13. The predicted octanol–water partition coefficient (Wildman–Crippen LogP) is 1.38. The summed E-state index contributed by atoms with van der Waals surface area (Å²) in [5.41, 5.74) is 0.951. The molecular weight excluding hydrogens is 212 g/mol. The summed E-state index contributed by atoms with van der Waals surface area (Å²) >= 11 is 1.03. The van der Waals surface area contributed by atoms with E-state index in [1.54, 1.807) is 17.1 Å². The van der Waals surface area contributed by atoms with Gasteiger partial charge < -0.3 is 0 Å². The van der Waals surface area contributed by atoms with Crippen molar-refractivity contribution in [2.24, 2.45) is 0 Å². The fourth-order valence-electron chi connectivity index (χ4n) is 1.24. The van der Waals surface area contributed by atoms with Crippen LogP contribution in [0, 0.1) is 0 Å². The molecule has 0 saturated heterocycles. The van der Waals surface area contributed by atoms with E-state index in [4.69, 9.17) is 0 Å². The van der Waals surface area contributed by atoms with Gasteiger partial charge in [0.15, 0.2) is 0 Å². The second-order valence-corrected chi connectivity index (χ2v) is 3.67. The molecule has 6 heteroatoms. The van der Waals surface area contributed by atoms with Gasteiger partial charge in [0.25, 0.3) is 0 Å². The number of carbonyl (C=O) groups is 1. The maximum Gasteiger partial charge on any atom is 0.217 e. The van der Waals surface area contributed by atoms with E-state index in [2.05, 4.69) is 20.8 Å². The molecule has 2 aromatic rings. The molecule has 2 rings (SSSR count). The monoisotopic (exact) mass is 222 g/mol. The number of hydrogen-bond donors (Lipinski definition) is 0. The zero-order chi connectivity index (χ0) is 10.7. The zero-order valence-corrected chi connectivity index (χ0v) is 9.07. The number of rotatable bonds is 4. The van der Waals surface area contributed by atoms with Crippen molar-refractivity contribution < 1.29 is 4.79 Å². The Labute approximate surface area is 91.1 Å². The maximum atomic E-state index is 11.8. The normalized spacial score (nSPS) is 10.5. The molecule has 0 saturated carbocycles. The Kier molecular flexibility index (Phi) is 2.86. The smallest absolute Gasteiger partial charge is 0.217 e. The number of aryl methyl sites for hydroxylation is 1. The van der Waals surface area contributed by atoms with Gasteiger partial charge in [-0.05, 0) is 6.42 Å². The number of hydrogen-bond acceptors (Lipinski definition) is 5. The summed E-state index contributed by atoms with van der Waals surface area (Å²) in [6, 6.07) is 0. The number of carbonyl (C=O) groups excluding carboxylic acids is 1. The summed E-state index contributed by atoms with van der Waals surface area (Å²) in [5, 5.41) is 4.09. The van der Waals surface area contributed by atoms with Crippen LogP contribution in [0.2, 0.25) is 0 Å². The minimum absolute atomic E-state index is 0.119. The van der Waals surface area contributed by atoms with E-state index in [9.17, 15) is 4.79 Å². The molecule has 0 unspecified atom stereocenters. The van der Waals surface area contributed by atoms with Gasteiger partial charge >= 0.3 is 0 Å². The van der Waals surface area contributed by atoms with Gasteiger partial charge in [0.1, 0.15) is 5.69 Å². The van der Waals surface area contributed by atoms with Crippen LogP contribution in [0.3, 0.4) is 0 Å². The van der Waals surface area contributed by atoms with Crippen LogP contribution >= 0.6 is 11.7 Å². The van der Waals surface area contributed by atoms with E-state index in [0.717, 1.165) is 24.7 Å². The van der Waals surface area contributed by atoms with Crippen LogP contribution in [0.15, 0.2) is 18.6 Å². The van der Waals surface area contributed by atoms with E-state index in [1.807, 2.05) is 0 Å². The minimum Gasteiger partial charge on any atom is -0.287 e. The lowest BCUT2D eigenvalue weighted by Crippen LogP contribution is -2.00. The Balaban J connectivity index is 2.19. The largest absolute Gasteiger partial charge is 0.287 e.